The summed E-state index contributed by atoms with van der Waals surface area (Å²) in [4.78, 5) is 30.6. The van der Waals surface area contributed by atoms with Crippen LogP contribution >= 0.6 is 0 Å². The van der Waals surface area contributed by atoms with E-state index in [9.17, 15) is 14.7 Å². The quantitative estimate of drug-likeness (QED) is 0.351. The van der Waals surface area contributed by atoms with Gasteiger partial charge in [0.2, 0.25) is 0 Å². The molecule has 2 aromatic carbocycles. The lowest BCUT2D eigenvalue weighted by Crippen LogP contribution is -2.39. The van der Waals surface area contributed by atoms with E-state index in [0.29, 0.717) is 56.5 Å². The number of hydrogen-bond acceptors (Lipinski definition) is 7. The lowest BCUT2D eigenvalue weighted by Gasteiger charge is -2.29. The second-order valence-electron chi connectivity index (χ2n) is 11.0. The van der Waals surface area contributed by atoms with Gasteiger partial charge in [-0.1, -0.05) is 45.0 Å². The number of ether oxygens (including phenoxy) is 3. The Bertz CT molecular complexity index is 1220. The molecule has 0 aromatic heterocycles. The number of amides is 1. The minimum atomic E-state index is -0.679. The summed E-state index contributed by atoms with van der Waals surface area (Å²) in [7, 11) is 0. The van der Waals surface area contributed by atoms with E-state index in [4.69, 9.17) is 14.2 Å². The number of rotatable bonds is 6. The highest BCUT2D eigenvalue weighted by Crippen LogP contribution is 2.41. The summed E-state index contributed by atoms with van der Waals surface area (Å²) < 4.78 is 16.7. The van der Waals surface area contributed by atoms with Crippen LogP contribution in [0.3, 0.4) is 0 Å². The zero-order valence-corrected chi connectivity index (χ0v) is 22.4. The summed E-state index contributed by atoms with van der Waals surface area (Å²) >= 11 is 0. The maximum absolute atomic E-state index is 13.4. The second-order valence-corrected chi connectivity index (χ2v) is 11.0. The van der Waals surface area contributed by atoms with E-state index < -0.39 is 17.7 Å². The largest absolute Gasteiger partial charge is 0.507 e. The van der Waals surface area contributed by atoms with Crippen LogP contribution in [0, 0.1) is 0 Å². The lowest BCUT2D eigenvalue weighted by molar-refractivity contribution is -0.140. The van der Waals surface area contributed by atoms with Crippen LogP contribution in [0.5, 0.6) is 11.5 Å². The third kappa shape index (κ3) is 5.28. The molecule has 0 spiro atoms. The van der Waals surface area contributed by atoms with Crippen molar-refractivity contribution in [2.45, 2.75) is 38.6 Å². The molecule has 0 aliphatic carbocycles. The molecular formula is C30H36N2O6. The summed E-state index contributed by atoms with van der Waals surface area (Å²) in [6.45, 7) is 11.6. The molecule has 3 heterocycles. The molecule has 0 radical (unpaired) electrons. The topological polar surface area (TPSA) is 88.5 Å². The predicted molar refractivity (Wildman–Crippen MR) is 143 cm³/mol. The number of hydrogen-bond donors (Lipinski definition) is 1. The van der Waals surface area contributed by atoms with Crippen LogP contribution in [0.2, 0.25) is 0 Å². The van der Waals surface area contributed by atoms with Crippen molar-refractivity contribution in [3.63, 3.8) is 0 Å². The van der Waals surface area contributed by atoms with Gasteiger partial charge in [0, 0.05) is 31.7 Å². The molecule has 0 bridgehead atoms. The number of nitrogens with zero attached hydrogens (tertiary/aromatic N) is 2. The molecule has 1 atom stereocenters. The first-order valence-corrected chi connectivity index (χ1v) is 13.3. The van der Waals surface area contributed by atoms with Crippen LogP contribution in [-0.2, 0) is 19.7 Å². The Hall–Kier alpha value is -3.36. The Morgan fingerprint density at radius 3 is 2.29 bits per heavy atom. The lowest BCUT2D eigenvalue weighted by atomic mass is 9.85. The number of Topliss-reactive ketones (excluding diaryl/α,β-unsaturated/α-hetero) is 1. The molecule has 38 heavy (non-hydrogen) atoms. The number of aliphatic hydroxyl groups is 1. The van der Waals surface area contributed by atoms with Crippen LogP contribution in [0.1, 0.15) is 49.9 Å². The smallest absolute Gasteiger partial charge is 0.295 e. The molecule has 3 aliphatic heterocycles. The molecule has 202 valence electrons. The molecule has 8 nitrogen and oxygen atoms in total. The highest BCUT2D eigenvalue weighted by molar-refractivity contribution is 6.46. The Morgan fingerprint density at radius 2 is 1.61 bits per heavy atom. The van der Waals surface area contributed by atoms with Gasteiger partial charge in [0.05, 0.1) is 24.8 Å². The van der Waals surface area contributed by atoms with E-state index in [1.54, 1.807) is 23.1 Å². The molecule has 5 rings (SSSR count). The van der Waals surface area contributed by atoms with Crippen LogP contribution < -0.4 is 9.47 Å². The standard InChI is InChI=1S/C30H36N2O6/c1-30(2,3)22-8-5-20(6-9-22)26-25(27(33)21-7-10-23-24(19-21)38-18-17-37-23)28(34)29(35)32(26)12-4-11-31-13-15-36-16-14-31/h5-10,19,26,33H,4,11-18H2,1-3H3/b27-25+/t26-/m1/s1. The molecule has 3 aliphatic rings. The maximum Gasteiger partial charge on any atom is 0.295 e. The van der Waals surface area contributed by atoms with Crippen LogP contribution in [-0.4, -0.2) is 79.2 Å². The highest BCUT2D eigenvalue weighted by Gasteiger charge is 2.46. The van der Waals surface area contributed by atoms with Crippen molar-refractivity contribution >= 4 is 17.4 Å². The molecule has 0 unspecified atom stereocenters. The predicted octanol–water partition coefficient (Wildman–Crippen LogP) is 3.90. The van der Waals surface area contributed by atoms with E-state index in [0.717, 1.165) is 30.8 Å². The van der Waals surface area contributed by atoms with Gasteiger partial charge in [-0.25, -0.2) is 0 Å². The van der Waals surface area contributed by atoms with Crippen LogP contribution in [0.25, 0.3) is 5.76 Å². The van der Waals surface area contributed by atoms with Crippen molar-refractivity contribution in [2.75, 3.05) is 52.6 Å². The molecule has 2 saturated heterocycles. The number of carbonyl (C=O) groups excluding carboxylic acids is 2. The molecule has 1 N–H and O–H groups in total. The fraction of sp³-hybridized carbons (Fsp3) is 0.467. The zero-order valence-electron chi connectivity index (χ0n) is 22.4. The average Bonchev–Trinajstić information content (AvgIpc) is 3.17. The summed E-state index contributed by atoms with van der Waals surface area (Å²) in [5, 5.41) is 11.4. The van der Waals surface area contributed by atoms with E-state index in [1.165, 1.54) is 0 Å². The van der Waals surface area contributed by atoms with Crippen molar-refractivity contribution in [2.24, 2.45) is 0 Å². The molecule has 1 amide bonds. The SMILES string of the molecule is CC(C)(C)c1ccc([C@@H]2/C(=C(\O)c3ccc4c(c3)OCCO4)C(=O)C(=O)N2CCCN2CCOCC2)cc1. The molecular weight excluding hydrogens is 484 g/mol. The maximum atomic E-state index is 13.4. The second kappa shape index (κ2) is 10.8. The number of ketones is 1. The molecule has 2 aromatic rings. The van der Waals surface area contributed by atoms with Crippen LogP contribution in [0.4, 0.5) is 0 Å². The Morgan fingerprint density at radius 1 is 0.921 bits per heavy atom. The first kappa shape index (κ1) is 26.3. The van der Waals surface area contributed by atoms with Crippen molar-refractivity contribution in [1.29, 1.82) is 0 Å². The monoisotopic (exact) mass is 520 g/mol. The van der Waals surface area contributed by atoms with Crippen LogP contribution in [0.15, 0.2) is 48.0 Å². The minimum Gasteiger partial charge on any atom is -0.507 e. The first-order valence-electron chi connectivity index (χ1n) is 13.3. The average molecular weight is 521 g/mol. The molecule has 2 fully saturated rings. The van der Waals surface area contributed by atoms with Crippen molar-refractivity contribution in [3.8, 4) is 11.5 Å². The zero-order chi connectivity index (χ0) is 26.9. The van der Waals surface area contributed by atoms with Gasteiger partial charge >= 0.3 is 0 Å². The Labute approximate surface area is 223 Å². The number of benzene rings is 2. The van der Waals surface area contributed by atoms with E-state index in [-0.39, 0.29) is 16.7 Å². The summed E-state index contributed by atoms with van der Waals surface area (Å²) in [6, 6.07) is 12.4. The Balaban J connectivity index is 1.50. The Kier molecular flexibility index (Phi) is 7.45. The number of likely N-dealkylation sites (tertiary alicyclic amines) is 1. The number of carbonyl (C=O) groups is 2. The summed E-state index contributed by atoms with van der Waals surface area (Å²) in [5.74, 6) is -0.373. The van der Waals surface area contributed by atoms with Crippen molar-refractivity contribution in [3.05, 3.63) is 64.7 Å². The number of aliphatic hydroxyl groups excluding tert-OH is 1. The fourth-order valence-electron chi connectivity index (χ4n) is 5.26. The first-order chi connectivity index (χ1) is 18.2. The van der Waals surface area contributed by atoms with Gasteiger partial charge in [-0.3, -0.25) is 14.5 Å². The van der Waals surface area contributed by atoms with Crippen molar-refractivity contribution < 1.29 is 28.9 Å². The van der Waals surface area contributed by atoms with E-state index in [2.05, 4.69) is 25.7 Å². The summed E-state index contributed by atoms with van der Waals surface area (Å²) in [6.07, 6.45) is 0.716. The van der Waals surface area contributed by atoms with E-state index in [1.807, 2.05) is 24.3 Å². The minimum absolute atomic E-state index is 0.0380. The normalized spacial score (nSPS) is 21.7. The van der Waals surface area contributed by atoms with Gasteiger partial charge in [0.1, 0.15) is 19.0 Å². The van der Waals surface area contributed by atoms with Gasteiger partial charge in [-0.05, 0) is 41.2 Å². The third-order valence-electron chi connectivity index (χ3n) is 7.43. The van der Waals surface area contributed by atoms with Crippen molar-refractivity contribution in [1.82, 2.24) is 9.80 Å². The van der Waals surface area contributed by atoms with Gasteiger partial charge in [-0.2, -0.15) is 0 Å². The third-order valence-corrected chi connectivity index (χ3v) is 7.43. The van der Waals surface area contributed by atoms with Gasteiger partial charge in [-0.15, -0.1) is 0 Å². The molecule has 8 heteroatoms. The number of fused-ring (bicyclic) bond motifs is 1. The molecule has 0 saturated carbocycles. The van der Waals surface area contributed by atoms with Gasteiger partial charge in [0.25, 0.3) is 11.7 Å². The van der Waals surface area contributed by atoms with Gasteiger partial charge < -0.3 is 24.2 Å². The van der Waals surface area contributed by atoms with E-state index >= 15 is 0 Å². The van der Waals surface area contributed by atoms with Gasteiger partial charge in [0.15, 0.2) is 11.5 Å². The summed E-state index contributed by atoms with van der Waals surface area (Å²) in [5.41, 5.74) is 2.42. The number of morpholine rings is 1. The fourth-order valence-corrected chi connectivity index (χ4v) is 5.26. The highest BCUT2D eigenvalue weighted by atomic mass is 16.6.